The summed E-state index contributed by atoms with van der Waals surface area (Å²) in [7, 11) is 0. The van der Waals surface area contributed by atoms with E-state index in [2.05, 4.69) is 40.7 Å². The Labute approximate surface area is 100 Å². The van der Waals surface area contributed by atoms with Crippen molar-refractivity contribution in [2.45, 2.75) is 27.0 Å². The van der Waals surface area contributed by atoms with Gasteiger partial charge in [-0.1, -0.05) is 41.9 Å². The Balaban J connectivity index is 2.77. The fourth-order valence-electron chi connectivity index (χ4n) is 1.51. The monoisotopic (exact) mass is 271 g/mol. The predicted octanol–water partition coefficient (Wildman–Crippen LogP) is 2.78. The van der Waals surface area contributed by atoms with Gasteiger partial charge in [-0.25, -0.2) is 0 Å². The van der Waals surface area contributed by atoms with E-state index in [0.717, 1.165) is 29.7 Å². The lowest BCUT2D eigenvalue weighted by Gasteiger charge is -2.19. The van der Waals surface area contributed by atoms with E-state index in [1.54, 1.807) is 0 Å². The number of rotatable bonds is 5. The van der Waals surface area contributed by atoms with E-state index in [1.807, 2.05) is 12.1 Å². The number of nitrogens with zero attached hydrogens (tertiary/aromatic N) is 1. The van der Waals surface area contributed by atoms with Crippen LogP contribution in [0.1, 0.15) is 25.0 Å². The largest absolute Gasteiger partial charge is 0.392 e. The van der Waals surface area contributed by atoms with E-state index < -0.39 is 0 Å². The second-order valence-electron chi connectivity index (χ2n) is 3.55. The number of halogens is 1. The lowest BCUT2D eigenvalue weighted by Crippen LogP contribution is -2.22. The van der Waals surface area contributed by atoms with Gasteiger partial charge in [-0.15, -0.1) is 0 Å². The molecule has 84 valence electrons. The summed E-state index contributed by atoms with van der Waals surface area (Å²) in [5, 5.41) is 9.00. The van der Waals surface area contributed by atoms with Gasteiger partial charge in [-0.05, 0) is 30.3 Å². The summed E-state index contributed by atoms with van der Waals surface area (Å²) in [4.78, 5) is 2.36. The second kappa shape index (κ2) is 6.26. The number of benzene rings is 1. The maximum Gasteiger partial charge on any atom is 0.0682 e. The zero-order chi connectivity index (χ0) is 11.3. The van der Waals surface area contributed by atoms with Crippen molar-refractivity contribution in [3.63, 3.8) is 0 Å². The zero-order valence-corrected chi connectivity index (χ0v) is 10.9. The fourth-order valence-corrected chi connectivity index (χ4v) is 2.06. The molecule has 15 heavy (non-hydrogen) atoms. The van der Waals surface area contributed by atoms with Gasteiger partial charge in [0.15, 0.2) is 0 Å². The SMILES string of the molecule is CCN(CC)Cc1ccc(CO)cc1Br. The van der Waals surface area contributed by atoms with E-state index in [-0.39, 0.29) is 6.61 Å². The predicted molar refractivity (Wildman–Crippen MR) is 66.7 cm³/mol. The molecule has 1 aromatic carbocycles. The van der Waals surface area contributed by atoms with Crippen molar-refractivity contribution < 1.29 is 5.11 Å². The van der Waals surface area contributed by atoms with E-state index >= 15 is 0 Å². The van der Waals surface area contributed by atoms with Crippen molar-refractivity contribution in [1.29, 1.82) is 0 Å². The van der Waals surface area contributed by atoms with Crippen LogP contribution in [0.4, 0.5) is 0 Å². The van der Waals surface area contributed by atoms with E-state index in [0.29, 0.717) is 0 Å². The molecule has 0 amide bonds. The third kappa shape index (κ3) is 3.59. The molecular formula is C12H18BrNO. The number of hydrogen-bond donors (Lipinski definition) is 1. The number of aliphatic hydroxyl groups is 1. The van der Waals surface area contributed by atoms with Gasteiger partial charge in [0, 0.05) is 11.0 Å². The molecule has 0 unspecified atom stereocenters. The highest BCUT2D eigenvalue weighted by Gasteiger charge is 2.05. The zero-order valence-electron chi connectivity index (χ0n) is 9.33. The maximum atomic E-state index is 9.00. The Kier molecular flexibility index (Phi) is 5.29. The molecule has 0 fully saturated rings. The molecule has 0 bridgehead atoms. The smallest absolute Gasteiger partial charge is 0.0682 e. The molecule has 0 aliphatic rings. The van der Waals surface area contributed by atoms with Crippen molar-refractivity contribution in [3.8, 4) is 0 Å². The van der Waals surface area contributed by atoms with Gasteiger partial charge in [0.25, 0.3) is 0 Å². The molecule has 0 saturated carbocycles. The van der Waals surface area contributed by atoms with Crippen LogP contribution < -0.4 is 0 Å². The molecule has 0 aliphatic carbocycles. The Morgan fingerprint density at radius 1 is 1.27 bits per heavy atom. The summed E-state index contributed by atoms with van der Waals surface area (Å²) in [6.45, 7) is 7.51. The van der Waals surface area contributed by atoms with Gasteiger partial charge in [0.05, 0.1) is 6.61 Å². The van der Waals surface area contributed by atoms with Crippen molar-refractivity contribution in [1.82, 2.24) is 4.90 Å². The molecule has 0 aromatic heterocycles. The van der Waals surface area contributed by atoms with Crippen LogP contribution in [0, 0.1) is 0 Å². The molecule has 0 saturated heterocycles. The quantitative estimate of drug-likeness (QED) is 0.891. The maximum absolute atomic E-state index is 9.00. The first-order valence-electron chi connectivity index (χ1n) is 5.31. The Bertz CT molecular complexity index is 310. The summed E-state index contributed by atoms with van der Waals surface area (Å²) < 4.78 is 1.08. The molecule has 1 N–H and O–H groups in total. The second-order valence-corrected chi connectivity index (χ2v) is 4.40. The van der Waals surface area contributed by atoms with Crippen molar-refractivity contribution in [2.24, 2.45) is 0 Å². The minimum Gasteiger partial charge on any atom is -0.392 e. The van der Waals surface area contributed by atoms with Crippen LogP contribution in [-0.4, -0.2) is 23.1 Å². The summed E-state index contributed by atoms with van der Waals surface area (Å²) in [5.41, 5.74) is 2.22. The standard InChI is InChI=1S/C12H18BrNO/c1-3-14(4-2)8-11-6-5-10(9-15)7-12(11)13/h5-7,15H,3-4,8-9H2,1-2H3. The highest BCUT2D eigenvalue weighted by atomic mass is 79.9. The van der Waals surface area contributed by atoms with Gasteiger partial charge in [-0.3, -0.25) is 4.90 Å². The van der Waals surface area contributed by atoms with Gasteiger partial charge in [0.2, 0.25) is 0 Å². The Morgan fingerprint density at radius 2 is 1.93 bits per heavy atom. The molecule has 2 nitrogen and oxygen atoms in total. The molecule has 0 aliphatic heterocycles. The van der Waals surface area contributed by atoms with Crippen LogP contribution in [0.15, 0.2) is 22.7 Å². The summed E-state index contributed by atoms with van der Waals surface area (Å²) in [6.07, 6.45) is 0. The minimum absolute atomic E-state index is 0.101. The van der Waals surface area contributed by atoms with Crippen LogP contribution in [0.25, 0.3) is 0 Å². The van der Waals surface area contributed by atoms with Crippen LogP contribution in [0.5, 0.6) is 0 Å². The number of aliphatic hydroxyl groups excluding tert-OH is 1. The molecule has 0 heterocycles. The van der Waals surface area contributed by atoms with Crippen LogP contribution in [0.3, 0.4) is 0 Å². The van der Waals surface area contributed by atoms with Gasteiger partial charge < -0.3 is 5.11 Å². The lowest BCUT2D eigenvalue weighted by molar-refractivity contribution is 0.281. The molecule has 1 aromatic rings. The van der Waals surface area contributed by atoms with Crippen LogP contribution >= 0.6 is 15.9 Å². The first kappa shape index (κ1) is 12.7. The van der Waals surface area contributed by atoms with E-state index in [4.69, 9.17) is 5.11 Å². The lowest BCUT2D eigenvalue weighted by atomic mass is 10.1. The number of hydrogen-bond acceptors (Lipinski definition) is 2. The summed E-state index contributed by atoms with van der Waals surface area (Å²) >= 11 is 3.54. The highest BCUT2D eigenvalue weighted by Crippen LogP contribution is 2.20. The Hall–Kier alpha value is -0.380. The van der Waals surface area contributed by atoms with Gasteiger partial charge in [0.1, 0.15) is 0 Å². The minimum atomic E-state index is 0.101. The van der Waals surface area contributed by atoms with E-state index in [1.165, 1.54) is 5.56 Å². The average Bonchev–Trinajstić information content (AvgIpc) is 2.27. The van der Waals surface area contributed by atoms with Crippen LogP contribution in [-0.2, 0) is 13.2 Å². The average molecular weight is 272 g/mol. The summed E-state index contributed by atoms with van der Waals surface area (Å²) in [6, 6.07) is 6.04. The fraction of sp³-hybridized carbons (Fsp3) is 0.500. The third-order valence-corrected chi connectivity index (χ3v) is 3.33. The first-order chi connectivity index (χ1) is 7.21. The van der Waals surface area contributed by atoms with Crippen molar-refractivity contribution >= 4 is 15.9 Å². The molecule has 0 spiro atoms. The van der Waals surface area contributed by atoms with Crippen LogP contribution in [0.2, 0.25) is 0 Å². The topological polar surface area (TPSA) is 23.5 Å². The summed E-state index contributed by atoms with van der Waals surface area (Å²) in [5.74, 6) is 0. The third-order valence-electron chi connectivity index (χ3n) is 2.59. The molecule has 0 radical (unpaired) electrons. The molecular weight excluding hydrogens is 254 g/mol. The highest BCUT2D eigenvalue weighted by molar-refractivity contribution is 9.10. The first-order valence-corrected chi connectivity index (χ1v) is 6.11. The molecule has 3 heteroatoms. The Morgan fingerprint density at radius 3 is 2.40 bits per heavy atom. The molecule has 1 rings (SSSR count). The normalized spacial score (nSPS) is 11.0. The molecule has 0 atom stereocenters. The van der Waals surface area contributed by atoms with Gasteiger partial charge >= 0.3 is 0 Å². The van der Waals surface area contributed by atoms with Gasteiger partial charge in [-0.2, -0.15) is 0 Å². The van der Waals surface area contributed by atoms with Crippen molar-refractivity contribution in [3.05, 3.63) is 33.8 Å². The van der Waals surface area contributed by atoms with Crippen molar-refractivity contribution in [2.75, 3.05) is 13.1 Å². The van der Waals surface area contributed by atoms with E-state index in [9.17, 15) is 0 Å².